The van der Waals surface area contributed by atoms with Crippen molar-refractivity contribution < 1.29 is 4.74 Å². The van der Waals surface area contributed by atoms with Crippen LogP contribution < -0.4 is 15.4 Å². The average molecular weight is 336 g/mol. The molecule has 0 atom stereocenters. The summed E-state index contributed by atoms with van der Waals surface area (Å²) in [6, 6.07) is 9.93. The number of nitrogens with two attached hydrogens (primary N) is 1. The minimum Gasteiger partial charge on any atom is -0.490 e. The highest BCUT2D eigenvalue weighted by molar-refractivity contribution is 5.54. The van der Waals surface area contributed by atoms with E-state index in [4.69, 9.17) is 15.7 Å². The highest BCUT2D eigenvalue weighted by Crippen LogP contribution is 2.31. The van der Waals surface area contributed by atoms with Gasteiger partial charge in [0.2, 0.25) is 5.95 Å². The molecule has 7 heteroatoms. The van der Waals surface area contributed by atoms with E-state index < -0.39 is 0 Å². The van der Waals surface area contributed by atoms with E-state index in [1.165, 1.54) is 0 Å². The summed E-state index contributed by atoms with van der Waals surface area (Å²) in [7, 11) is 0. The number of anilines is 2. The van der Waals surface area contributed by atoms with Gasteiger partial charge in [0.25, 0.3) is 0 Å². The number of piperidine rings is 1. The van der Waals surface area contributed by atoms with E-state index in [2.05, 4.69) is 21.1 Å². The number of hydrogen-bond donors (Lipinski definition) is 1. The lowest BCUT2D eigenvalue weighted by molar-refractivity contribution is 0.170. The number of nitrogens with zero attached hydrogens (tertiary/aromatic N) is 5. The maximum Gasteiger partial charge on any atom is 0.222 e. The molecule has 2 aliphatic rings. The van der Waals surface area contributed by atoms with Crippen molar-refractivity contribution >= 4 is 11.8 Å². The van der Waals surface area contributed by atoms with Gasteiger partial charge >= 0.3 is 0 Å². The van der Waals surface area contributed by atoms with Gasteiger partial charge < -0.3 is 20.3 Å². The number of rotatable bonds is 3. The molecule has 0 amide bonds. The summed E-state index contributed by atoms with van der Waals surface area (Å²) in [5.74, 6) is 2.06. The molecule has 7 nitrogen and oxygen atoms in total. The van der Waals surface area contributed by atoms with Crippen LogP contribution in [-0.4, -0.2) is 34.1 Å². The van der Waals surface area contributed by atoms with Gasteiger partial charge in [0.05, 0.1) is 18.8 Å². The predicted molar refractivity (Wildman–Crippen MR) is 93.6 cm³/mol. The Kier molecular flexibility index (Phi) is 4.02. The van der Waals surface area contributed by atoms with Gasteiger partial charge in [-0.3, -0.25) is 0 Å². The second kappa shape index (κ2) is 6.48. The summed E-state index contributed by atoms with van der Waals surface area (Å²) in [5, 5.41) is 9.15. The molecular weight excluding hydrogens is 316 g/mol. The summed E-state index contributed by atoms with van der Waals surface area (Å²) >= 11 is 0. The predicted octanol–water partition coefficient (Wildman–Crippen LogP) is 1.90. The van der Waals surface area contributed by atoms with Gasteiger partial charge in [-0.15, -0.1) is 0 Å². The molecule has 0 unspecified atom stereocenters. The third kappa shape index (κ3) is 3.15. The summed E-state index contributed by atoms with van der Waals surface area (Å²) < 4.78 is 6.05. The molecular formula is C18H20N6O. The maximum atomic E-state index is 9.15. The number of para-hydroxylation sites is 1. The summed E-state index contributed by atoms with van der Waals surface area (Å²) in [6.45, 7) is 2.78. The Morgan fingerprint density at radius 2 is 1.88 bits per heavy atom. The van der Waals surface area contributed by atoms with E-state index in [0.29, 0.717) is 13.1 Å². The van der Waals surface area contributed by atoms with Gasteiger partial charge in [0.1, 0.15) is 17.7 Å². The van der Waals surface area contributed by atoms with Crippen molar-refractivity contribution in [2.75, 3.05) is 23.7 Å². The lowest BCUT2D eigenvalue weighted by atomic mass is 10.1. The topological polar surface area (TPSA) is 91.3 Å². The van der Waals surface area contributed by atoms with Crippen LogP contribution in [0.4, 0.5) is 11.8 Å². The third-order valence-electron chi connectivity index (χ3n) is 4.71. The first kappa shape index (κ1) is 15.5. The molecule has 1 aromatic carbocycles. The van der Waals surface area contributed by atoms with Crippen molar-refractivity contribution in [3.05, 3.63) is 41.6 Å². The Morgan fingerprint density at radius 3 is 2.60 bits per heavy atom. The lowest BCUT2D eigenvalue weighted by Crippen LogP contribution is -2.39. The highest BCUT2D eigenvalue weighted by Gasteiger charge is 2.29. The van der Waals surface area contributed by atoms with Crippen LogP contribution in [0.25, 0.3) is 0 Å². The first-order chi connectivity index (χ1) is 12.2. The van der Waals surface area contributed by atoms with Crippen LogP contribution in [0.5, 0.6) is 5.75 Å². The van der Waals surface area contributed by atoms with Crippen LogP contribution in [0.3, 0.4) is 0 Å². The van der Waals surface area contributed by atoms with E-state index in [1.54, 1.807) is 4.90 Å². The molecule has 3 heterocycles. The molecule has 4 rings (SSSR count). The van der Waals surface area contributed by atoms with Crippen LogP contribution in [0.15, 0.2) is 30.3 Å². The van der Waals surface area contributed by atoms with E-state index in [0.717, 1.165) is 48.8 Å². The van der Waals surface area contributed by atoms with Crippen molar-refractivity contribution in [1.82, 2.24) is 14.9 Å². The molecule has 0 radical (unpaired) electrons. The molecule has 25 heavy (non-hydrogen) atoms. The van der Waals surface area contributed by atoms with Crippen LogP contribution in [-0.2, 0) is 13.1 Å². The zero-order valence-electron chi connectivity index (χ0n) is 13.9. The molecule has 1 saturated heterocycles. The fourth-order valence-electron chi connectivity index (χ4n) is 3.47. The van der Waals surface area contributed by atoms with Gasteiger partial charge in [-0.05, 0) is 12.1 Å². The number of fused-ring (bicyclic) bond motifs is 1. The van der Waals surface area contributed by atoms with Crippen LogP contribution >= 0.6 is 0 Å². The fraction of sp³-hybridized carbons (Fsp3) is 0.389. The maximum absolute atomic E-state index is 9.15. The number of nitriles is 1. The van der Waals surface area contributed by atoms with Crippen molar-refractivity contribution in [2.24, 2.45) is 0 Å². The molecule has 128 valence electrons. The molecule has 0 aliphatic carbocycles. The highest BCUT2D eigenvalue weighted by atomic mass is 16.5. The van der Waals surface area contributed by atoms with E-state index >= 15 is 0 Å². The van der Waals surface area contributed by atoms with Crippen LogP contribution in [0.1, 0.15) is 24.1 Å². The van der Waals surface area contributed by atoms with Crippen molar-refractivity contribution in [3.63, 3.8) is 0 Å². The first-order valence-electron chi connectivity index (χ1n) is 8.49. The standard InChI is InChI=1S/C18H20N6O/c19-12-23-10-15-16(11-23)21-18(20)22-17(15)24-8-6-14(7-9-24)25-13-4-2-1-3-5-13/h1-5,14H,6-11H2,(H2,20,21,22). The van der Waals surface area contributed by atoms with Crippen LogP contribution in [0.2, 0.25) is 0 Å². The van der Waals surface area contributed by atoms with Gasteiger partial charge in [0.15, 0.2) is 6.19 Å². The minimum absolute atomic E-state index is 0.210. The van der Waals surface area contributed by atoms with E-state index in [1.807, 2.05) is 30.3 Å². The SMILES string of the molecule is N#CN1Cc2nc(N)nc(N3CCC(Oc4ccccc4)CC3)c2C1. The first-order valence-corrected chi connectivity index (χ1v) is 8.49. The Morgan fingerprint density at radius 1 is 1.12 bits per heavy atom. The van der Waals surface area contributed by atoms with E-state index in [9.17, 15) is 0 Å². The van der Waals surface area contributed by atoms with Crippen LogP contribution in [0, 0.1) is 11.5 Å². The van der Waals surface area contributed by atoms with Gasteiger partial charge in [0, 0.05) is 31.5 Å². The molecule has 1 fully saturated rings. The molecule has 1 aromatic heterocycles. The number of hydrogen-bond acceptors (Lipinski definition) is 7. The Balaban J connectivity index is 1.46. The number of aromatic nitrogens is 2. The summed E-state index contributed by atoms with van der Waals surface area (Å²) in [5.41, 5.74) is 7.77. The zero-order valence-corrected chi connectivity index (χ0v) is 13.9. The molecule has 2 aromatic rings. The van der Waals surface area contributed by atoms with Crippen molar-refractivity contribution in [3.8, 4) is 11.9 Å². The fourth-order valence-corrected chi connectivity index (χ4v) is 3.47. The van der Waals surface area contributed by atoms with Gasteiger partial charge in [-0.25, -0.2) is 4.98 Å². The molecule has 0 spiro atoms. The third-order valence-corrected chi connectivity index (χ3v) is 4.71. The van der Waals surface area contributed by atoms with Crippen molar-refractivity contribution in [1.29, 1.82) is 5.26 Å². The second-order valence-corrected chi connectivity index (χ2v) is 6.40. The Hall–Kier alpha value is -3.01. The molecule has 0 bridgehead atoms. The summed E-state index contributed by atoms with van der Waals surface area (Å²) in [4.78, 5) is 12.7. The average Bonchev–Trinajstić information content (AvgIpc) is 3.05. The van der Waals surface area contributed by atoms with E-state index in [-0.39, 0.29) is 12.1 Å². The number of nitrogen functional groups attached to an aromatic ring is 1. The largest absolute Gasteiger partial charge is 0.490 e. The number of ether oxygens (including phenoxy) is 1. The second-order valence-electron chi connectivity index (χ2n) is 6.40. The number of benzene rings is 1. The summed E-state index contributed by atoms with van der Waals surface area (Å²) in [6.07, 6.45) is 4.24. The molecule has 2 N–H and O–H groups in total. The van der Waals surface area contributed by atoms with Gasteiger partial charge in [-0.1, -0.05) is 18.2 Å². The smallest absolute Gasteiger partial charge is 0.222 e. The quantitative estimate of drug-likeness (QED) is 0.856. The minimum atomic E-state index is 0.210. The van der Waals surface area contributed by atoms with Gasteiger partial charge in [-0.2, -0.15) is 10.2 Å². The zero-order chi connectivity index (χ0) is 17.2. The normalized spacial score (nSPS) is 17.2. The lowest BCUT2D eigenvalue weighted by Gasteiger charge is -2.33. The molecule has 2 aliphatic heterocycles. The Labute approximate surface area is 146 Å². The van der Waals surface area contributed by atoms with Crippen molar-refractivity contribution in [2.45, 2.75) is 32.0 Å². The monoisotopic (exact) mass is 336 g/mol. The molecule has 0 saturated carbocycles. The Bertz CT molecular complexity index is 795.